The molecule has 1 aromatic heterocycles. The highest BCUT2D eigenvalue weighted by Crippen LogP contribution is 2.21. The number of likely N-dealkylation sites (tertiary alicyclic amines) is 1. The second-order valence-electron chi connectivity index (χ2n) is 7.30. The molecule has 1 amide bonds. The van der Waals surface area contributed by atoms with Crippen molar-refractivity contribution in [3.8, 4) is 5.75 Å². The van der Waals surface area contributed by atoms with E-state index in [1.165, 1.54) is 18.4 Å². The third kappa shape index (κ3) is 5.30. The fourth-order valence-corrected chi connectivity index (χ4v) is 3.87. The first kappa shape index (κ1) is 19.4. The Balaban J connectivity index is 1.51. The van der Waals surface area contributed by atoms with Gasteiger partial charge in [-0.3, -0.25) is 9.78 Å². The van der Waals surface area contributed by atoms with Crippen LogP contribution >= 0.6 is 0 Å². The van der Waals surface area contributed by atoms with Gasteiger partial charge in [-0.15, -0.1) is 0 Å². The molecule has 0 bridgehead atoms. The van der Waals surface area contributed by atoms with Crippen LogP contribution in [0, 0.1) is 5.92 Å². The number of piperidine rings is 1. The Bertz CT molecular complexity index is 735. The number of amides is 1. The second-order valence-corrected chi connectivity index (χ2v) is 7.30. The zero-order valence-corrected chi connectivity index (χ0v) is 16.3. The van der Waals surface area contributed by atoms with E-state index in [2.05, 4.69) is 22.0 Å². The lowest BCUT2D eigenvalue weighted by Gasteiger charge is -2.34. The number of ether oxygens (including phenoxy) is 1. The van der Waals surface area contributed by atoms with Crippen LogP contribution in [-0.2, 0) is 6.42 Å². The monoisotopic (exact) mass is 367 g/mol. The number of carbonyl (C=O) groups is 1. The summed E-state index contributed by atoms with van der Waals surface area (Å²) in [5.74, 6) is 1.53. The normalized spacial score (nSPS) is 17.5. The maximum Gasteiger partial charge on any atom is 0.255 e. The molecule has 1 aliphatic heterocycles. The van der Waals surface area contributed by atoms with Gasteiger partial charge in [-0.1, -0.05) is 18.2 Å². The molecule has 3 rings (SSSR count). The first-order valence-corrected chi connectivity index (χ1v) is 9.67. The molecule has 1 atom stereocenters. The maximum atomic E-state index is 12.5. The van der Waals surface area contributed by atoms with Crippen molar-refractivity contribution in [2.75, 3.05) is 40.3 Å². The molecule has 5 heteroatoms. The molecular formula is C22H29N3O2. The summed E-state index contributed by atoms with van der Waals surface area (Å²) >= 11 is 0. The van der Waals surface area contributed by atoms with Crippen molar-refractivity contribution >= 4 is 5.91 Å². The van der Waals surface area contributed by atoms with Crippen molar-refractivity contribution in [2.24, 2.45) is 5.92 Å². The molecule has 144 valence electrons. The van der Waals surface area contributed by atoms with E-state index in [0.717, 1.165) is 38.3 Å². The molecule has 1 saturated heterocycles. The standard InChI is InChI=1S/C22H29N3O2/c1-24(22(26)20-9-5-12-23-15-20)16-18-7-6-13-25(17-18)14-11-19-8-3-4-10-21(19)27-2/h3-5,8-10,12,15,18H,6-7,11,13-14,16-17H2,1-2H3/t18-/m1/s1. The van der Waals surface area contributed by atoms with E-state index in [1.54, 1.807) is 25.6 Å². The van der Waals surface area contributed by atoms with E-state index in [-0.39, 0.29) is 5.91 Å². The van der Waals surface area contributed by atoms with Crippen LogP contribution in [0.3, 0.4) is 0 Å². The summed E-state index contributed by atoms with van der Waals surface area (Å²) < 4.78 is 5.46. The Morgan fingerprint density at radius 3 is 2.93 bits per heavy atom. The Kier molecular flexibility index (Phi) is 6.82. The van der Waals surface area contributed by atoms with Crippen molar-refractivity contribution in [1.29, 1.82) is 0 Å². The average molecular weight is 367 g/mol. The van der Waals surface area contributed by atoms with E-state index in [9.17, 15) is 4.79 Å². The predicted molar refractivity (Wildman–Crippen MR) is 107 cm³/mol. The van der Waals surface area contributed by atoms with Gasteiger partial charge in [0.15, 0.2) is 0 Å². The molecule has 0 saturated carbocycles. The van der Waals surface area contributed by atoms with E-state index in [4.69, 9.17) is 4.74 Å². The van der Waals surface area contributed by atoms with Crippen LogP contribution < -0.4 is 4.74 Å². The van der Waals surface area contributed by atoms with E-state index in [1.807, 2.05) is 30.1 Å². The lowest BCUT2D eigenvalue weighted by Crippen LogP contribution is -2.42. The molecule has 5 nitrogen and oxygen atoms in total. The van der Waals surface area contributed by atoms with Gasteiger partial charge in [0.1, 0.15) is 5.75 Å². The van der Waals surface area contributed by atoms with Crippen LogP contribution in [0.2, 0.25) is 0 Å². The Morgan fingerprint density at radius 2 is 2.15 bits per heavy atom. The third-order valence-electron chi connectivity index (χ3n) is 5.28. The van der Waals surface area contributed by atoms with Crippen molar-refractivity contribution in [3.63, 3.8) is 0 Å². The van der Waals surface area contributed by atoms with Crippen molar-refractivity contribution in [1.82, 2.24) is 14.8 Å². The molecule has 2 heterocycles. The summed E-state index contributed by atoms with van der Waals surface area (Å²) in [4.78, 5) is 20.9. The molecule has 0 spiro atoms. The average Bonchev–Trinajstić information content (AvgIpc) is 2.72. The highest BCUT2D eigenvalue weighted by Gasteiger charge is 2.23. The van der Waals surface area contributed by atoms with E-state index < -0.39 is 0 Å². The van der Waals surface area contributed by atoms with Gasteiger partial charge in [-0.05, 0) is 55.5 Å². The van der Waals surface area contributed by atoms with Gasteiger partial charge in [0.05, 0.1) is 12.7 Å². The molecular weight excluding hydrogens is 338 g/mol. The van der Waals surface area contributed by atoms with E-state index in [0.29, 0.717) is 11.5 Å². The quantitative estimate of drug-likeness (QED) is 0.754. The van der Waals surface area contributed by atoms with Crippen LogP contribution in [0.4, 0.5) is 0 Å². The number of rotatable bonds is 7. The molecule has 2 aromatic rings. The van der Waals surface area contributed by atoms with Crippen molar-refractivity contribution in [3.05, 3.63) is 59.9 Å². The van der Waals surface area contributed by atoms with Crippen LogP contribution in [-0.4, -0.2) is 61.0 Å². The van der Waals surface area contributed by atoms with Gasteiger partial charge in [0.2, 0.25) is 0 Å². The minimum atomic E-state index is 0.0502. The van der Waals surface area contributed by atoms with E-state index >= 15 is 0 Å². The largest absolute Gasteiger partial charge is 0.496 e. The topological polar surface area (TPSA) is 45.7 Å². The predicted octanol–water partition coefficient (Wildman–Crippen LogP) is 3.12. The number of benzene rings is 1. The first-order valence-electron chi connectivity index (χ1n) is 9.67. The van der Waals surface area contributed by atoms with Gasteiger partial charge in [-0.25, -0.2) is 0 Å². The zero-order chi connectivity index (χ0) is 19.1. The number of methoxy groups -OCH3 is 1. The van der Waals surface area contributed by atoms with Crippen LogP contribution in [0.15, 0.2) is 48.8 Å². The molecule has 0 aliphatic carbocycles. The second kappa shape index (κ2) is 9.51. The Labute approximate surface area is 162 Å². The van der Waals surface area contributed by atoms with Crippen molar-refractivity contribution in [2.45, 2.75) is 19.3 Å². The summed E-state index contributed by atoms with van der Waals surface area (Å²) in [5, 5.41) is 0. The van der Waals surface area contributed by atoms with Gasteiger partial charge in [0, 0.05) is 39.1 Å². The first-order chi connectivity index (χ1) is 13.2. The number of pyridine rings is 1. The highest BCUT2D eigenvalue weighted by atomic mass is 16.5. The number of carbonyl (C=O) groups excluding carboxylic acids is 1. The Morgan fingerprint density at radius 1 is 1.30 bits per heavy atom. The Hall–Kier alpha value is -2.40. The minimum absolute atomic E-state index is 0.0502. The number of para-hydroxylation sites is 1. The van der Waals surface area contributed by atoms with Gasteiger partial charge in [0.25, 0.3) is 5.91 Å². The SMILES string of the molecule is COc1ccccc1CCN1CCC[C@H](CN(C)C(=O)c2cccnc2)C1. The van der Waals surface area contributed by atoms with Gasteiger partial charge in [-0.2, -0.15) is 0 Å². The van der Waals surface area contributed by atoms with Gasteiger partial charge < -0.3 is 14.5 Å². The third-order valence-corrected chi connectivity index (χ3v) is 5.28. The van der Waals surface area contributed by atoms with Crippen LogP contribution in [0.5, 0.6) is 5.75 Å². The minimum Gasteiger partial charge on any atom is -0.496 e. The maximum absolute atomic E-state index is 12.5. The number of hydrogen-bond donors (Lipinski definition) is 0. The summed E-state index contributed by atoms with van der Waals surface area (Å²) in [6, 6.07) is 11.9. The fourth-order valence-electron chi connectivity index (χ4n) is 3.87. The summed E-state index contributed by atoms with van der Waals surface area (Å²) in [7, 11) is 3.62. The number of hydrogen-bond acceptors (Lipinski definition) is 4. The van der Waals surface area contributed by atoms with Crippen LogP contribution in [0.1, 0.15) is 28.8 Å². The summed E-state index contributed by atoms with van der Waals surface area (Å²) in [6.45, 7) is 3.99. The zero-order valence-electron chi connectivity index (χ0n) is 16.3. The molecule has 0 radical (unpaired) electrons. The smallest absolute Gasteiger partial charge is 0.255 e. The molecule has 0 unspecified atom stereocenters. The van der Waals surface area contributed by atoms with Crippen molar-refractivity contribution < 1.29 is 9.53 Å². The molecule has 1 fully saturated rings. The summed E-state index contributed by atoms with van der Waals surface area (Å²) in [5.41, 5.74) is 1.91. The lowest BCUT2D eigenvalue weighted by atomic mass is 9.96. The molecule has 0 N–H and O–H groups in total. The van der Waals surface area contributed by atoms with Crippen LogP contribution in [0.25, 0.3) is 0 Å². The molecule has 1 aliphatic rings. The van der Waals surface area contributed by atoms with Gasteiger partial charge >= 0.3 is 0 Å². The number of nitrogens with zero attached hydrogens (tertiary/aromatic N) is 3. The summed E-state index contributed by atoms with van der Waals surface area (Å²) in [6.07, 6.45) is 6.68. The fraction of sp³-hybridized carbons (Fsp3) is 0.455. The molecule has 1 aromatic carbocycles. The highest BCUT2D eigenvalue weighted by molar-refractivity contribution is 5.93. The number of aromatic nitrogens is 1. The lowest BCUT2D eigenvalue weighted by molar-refractivity contribution is 0.0730. The molecule has 27 heavy (non-hydrogen) atoms.